The Morgan fingerprint density at radius 3 is 1.65 bits per heavy atom. The van der Waals surface area contributed by atoms with E-state index in [0.29, 0.717) is 5.41 Å². The second kappa shape index (κ2) is 12.7. The van der Waals surface area contributed by atoms with Gasteiger partial charge in [-0.2, -0.15) is 0 Å². The minimum atomic E-state index is 0.552. The van der Waals surface area contributed by atoms with Gasteiger partial charge < -0.3 is 0 Å². The first-order valence-corrected chi connectivity index (χ1v) is 9.54. The highest BCUT2D eigenvalue weighted by Crippen LogP contribution is 2.35. The van der Waals surface area contributed by atoms with Crippen molar-refractivity contribution in [2.75, 3.05) is 0 Å². The molecule has 0 aliphatic rings. The Morgan fingerprint density at radius 2 is 1.10 bits per heavy atom. The van der Waals surface area contributed by atoms with Gasteiger partial charge in [-0.15, -0.1) is 0 Å². The molecule has 20 heavy (non-hydrogen) atoms. The van der Waals surface area contributed by atoms with Crippen molar-refractivity contribution >= 4 is 0 Å². The van der Waals surface area contributed by atoms with Crippen LogP contribution in [-0.4, -0.2) is 0 Å². The smallest absolute Gasteiger partial charge is 0.0329 e. The summed E-state index contributed by atoms with van der Waals surface area (Å²) >= 11 is 0. The van der Waals surface area contributed by atoms with E-state index < -0.39 is 0 Å². The lowest BCUT2D eigenvalue weighted by molar-refractivity contribution is 0.189. The van der Waals surface area contributed by atoms with E-state index in [1.807, 2.05) is 0 Å². The van der Waals surface area contributed by atoms with Crippen LogP contribution in [0.15, 0.2) is 0 Å². The van der Waals surface area contributed by atoms with E-state index in [9.17, 15) is 0 Å². The van der Waals surface area contributed by atoms with Crippen molar-refractivity contribution in [2.24, 2.45) is 11.3 Å². The molecule has 1 unspecified atom stereocenters. The van der Waals surface area contributed by atoms with Crippen LogP contribution in [0, 0.1) is 11.3 Å². The van der Waals surface area contributed by atoms with Crippen molar-refractivity contribution in [2.45, 2.75) is 118 Å². The molecule has 0 saturated heterocycles. The van der Waals surface area contributed by atoms with Crippen molar-refractivity contribution in [3.05, 3.63) is 0 Å². The summed E-state index contributed by atoms with van der Waals surface area (Å²) in [5.74, 6) is 0.889. The van der Waals surface area contributed by atoms with Crippen LogP contribution >= 0.6 is 0 Å². The van der Waals surface area contributed by atoms with Crippen molar-refractivity contribution < 1.29 is 0 Å². The molecular weight excluding hydrogens is 240 g/mol. The van der Waals surface area contributed by atoms with Gasteiger partial charge in [0.1, 0.15) is 0 Å². The molecule has 0 nitrogen and oxygen atoms in total. The molecule has 1 atom stereocenters. The largest absolute Gasteiger partial charge is 0.0654 e. The highest BCUT2D eigenvalue weighted by atomic mass is 14.3. The average Bonchev–Trinajstić information content (AvgIpc) is 2.42. The topological polar surface area (TPSA) is 0 Å². The molecule has 0 fully saturated rings. The van der Waals surface area contributed by atoms with E-state index in [-0.39, 0.29) is 0 Å². The number of hydrogen-bond acceptors (Lipinski definition) is 0. The lowest BCUT2D eigenvalue weighted by Crippen LogP contribution is -2.21. The summed E-state index contributed by atoms with van der Waals surface area (Å²) in [6.07, 6.45) is 18.6. The second-order valence-electron chi connectivity index (χ2n) is 7.61. The van der Waals surface area contributed by atoms with Crippen molar-refractivity contribution in [3.63, 3.8) is 0 Å². The van der Waals surface area contributed by atoms with Gasteiger partial charge >= 0.3 is 0 Å². The van der Waals surface area contributed by atoms with E-state index in [1.54, 1.807) is 0 Å². The molecule has 0 radical (unpaired) electrons. The molecule has 0 aliphatic heterocycles. The third-order valence-corrected chi connectivity index (χ3v) is 5.25. The molecule has 0 spiro atoms. The zero-order chi connectivity index (χ0) is 15.3. The highest BCUT2D eigenvalue weighted by molar-refractivity contribution is 4.75. The zero-order valence-corrected chi connectivity index (χ0v) is 15.3. The normalized spacial score (nSPS) is 13.7. The van der Waals surface area contributed by atoms with Gasteiger partial charge in [-0.05, 0) is 17.8 Å². The third-order valence-electron chi connectivity index (χ3n) is 5.25. The van der Waals surface area contributed by atoms with Gasteiger partial charge in [-0.3, -0.25) is 0 Å². The molecule has 0 aromatic rings. The molecular formula is C20H42. The fraction of sp³-hybridized carbons (Fsp3) is 1.00. The first kappa shape index (κ1) is 20.0. The van der Waals surface area contributed by atoms with Gasteiger partial charge in [0.05, 0.1) is 0 Å². The van der Waals surface area contributed by atoms with Gasteiger partial charge in [-0.1, -0.05) is 112 Å². The van der Waals surface area contributed by atoms with Crippen LogP contribution in [0.3, 0.4) is 0 Å². The first-order chi connectivity index (χ1) is 9.54. The van der Waals surface area contributed by atoms with Gasteiger partial charge in [0.2, 0.25) is 0 Å². The SMILES string of the molecule is CCCCCCCCCC(C)C(C)(C)CCCCCC. The van der Waals surface area contributed by atoms with E-state index in [1.165, 1.54) is 83.5 Å². The van der Waals surface area contributed by atoms with E-state index in [2.05, 4.69) is 34.6 Å². The Hall–Kier alpha value is 0. The molecule has 122 valence electrons. The minimum Gasteiger partial charge on any atom is -0.0654 e. The van der Waals surface area contributed by atoms with E-state index >= 15 is 0 Å². The molecule has 0 saturated carbocycles. The maximum atomic E-state index is 2.49. The first-order valence-electron chi connectivity index (χ1n) is 9.54. The van der Waals surface area contributed by atoms with Crippen LogP contribution in [0.25, 0.3) is 0 Å². The molecule has 0 heteroatoms. The third kappa shape index (κ3) is 10.7. The molecule has 0 amide bonds. The Balaban J connectivity index is 3.59. The molecule has 0 bridgehead atoms. The summed E-state index contributed by atoms with van der Waals surface area (Å²) in [6.45, 7) is 12.1. The number of rotatable bonds is 14. The molecule has 0 aliphatic carbocycles. The van der Waals surface area contributed by atoms with Crippen LogP contribution in [0.4, 0.5) is 0 Å². The zero-order valence-electron chi connectivity index (χ0n) is 15.3. The Morgan fingerprint density at radius 1 is 0.650 bits per heavy atom. The molecule has 0 N–H and O–H groups in total. The van der Waals surface area contributed by atoms with Gasteiger partial charge in [-0.25, -0.2) is 0 Å². The lowest BCUT2D eigenvalue weighted by atomic mass is 9.74. The minimum absolute atomic E-state index is 0.552. The van der Waals surface area contributed by atoms with Crippen molar-refractivity contribution in [1.29, 1.82) is 0 Å². The number of hydrogen-bond donors (Lipinski definition) is 0. The van der Waals surface area contributed by atoms with E-state index in [4.69, 9.17) is 0 Å². The summed E-state index contributed by atoms with van der Waals surface area (Å²) < 4.78 is 0. The lowest BCUT2D eigenvalue weighted by Gasteiger charge is -2.32. The van der Waals surface area contributed by atoms with E-state index in [0.717, 1.165) is 5.92 Å². The standard InChI is InChI=1S/C20H42/c1-6-8-10-12-13-14-15-17-19(3)20(4,5)18-16-11-9-7-2/h19H,6-18H2,1-5H3. The predicted octanol–water partition coefficient (Wildman–Crippen LogP) is 7.76. The van der Waals surface area contributed by atoms with Crippen LogP contribution in [-0.2, 0) is 0 Å². The van der Waals surface area contributed by atoms with Crippen LogP contribution in [0.1, 0.15) is 118 Å². The average molecular weight is 283 g/mol. The summed E-state index contributed by atoms with van der Waals surface area (Å²) in [7, 11) is 0. The van der Waals surface area contributed by atoms with Gasteiger partial charge in [0.15, 0.2) is 0 Å². The maximum Gasteiger partial charge on any atom is -0.0329 e. The predicted molar refractivity (Wildman–Crippen MR) is 94.3 cm³/mol. The van der Waals surface area contributed by atoms with Crippen molar-refractivity contribution in [3.8, 4) is 0 Å². The molecule has 0 aromatic heterocycles. The molecule has 0 heterocycles. The maximum absolute atomic E-state index is 2.49. The number of unbranched alkanes of at least 4 members (excludes halogenated alkanes) is 9. The highest BCUT2D eigenvalue weighted by Gasteiger charge is 2.24. The summed E-state index contributed by atoms with van der Waals surface area (Å²) in [5.41, 5.74) is 0.552. The fourth-order valence-corrected chi connectivity index (χ4v) is 3.05. The summed E-state index contributed by atoms with van der Waals surface area (Å²) in [4.78, 5) is 0. The monoisotopic (exact) mass is 282 g/mol. The van der Waals surface area contributed by atoms with Crippen LogP contribution in [0.5, 0.6) is 0 Å². The fourth-order valence-electron chi connectivity index (χ4n) is 3.05. The Bertz CT molecular complexity index is 192. The van der Waals surface area contributed by atoms with Crippen LogP contribution in [0.2, 0.25) is 0 Å². The summed E-state index contributed by atoms with van der Waals surface area (Å²) in [5, 5.41) is 0. The van der Waals surface area contributed by atoms with Gasteiger partial charge in [0.25, 0.3) is 0 Å². The summed E-state index contributed by atoms with van der Waals surface area (Å²) in [6, 6.07) is 0. The van der Waals surface area contributed by atoms with Crippen molar-refractivity contribution in [1.82, 2.24) is 0 Å². The molecule has 0 rings (SSSR count). The van der Waals surface area contributed by atoms with Crippen LogP contribution < -0.4 is 0 Å². The quantitative estimate of drug-likeness (QED) is 0.285. The second-order valence-corrected chi connectivity index (χ2v) is 7.61. The molecule has 0 aromatic carbocycles. The van der Waals surface area contributed by atoms with Gasteiger partial charge in [0, 0.05) is 0 Å². The Labute approximate surface area is 130 Å². The Kier molecular flexibility index (Phi) is 12.7.